The molecule has 2 heterocycles. The third-order valence-electron chi connectivity index (χ3n) is 3.51. The summed E-state index contributed by atoms with van der Waals surface area (Å²) in [6, 6.07) is 6.92. The molecular formula is C17H19N5O3. The summed E-state index contributed by atoms with van der Waals surface area (Å²) < 4.78 is 12.5. The summed E-state index contributed by atoms with van der Waals surface area (Å²) in [6.07, 6.45) is 5.97. The van der Waals surface area contributed by atoms with Gasteiger partial charge in [0.2, 0.25) is 11.7 Å². The summed E-state index contributed by atoms with van der Waals surface area (Å²) in [6.45, 7) is 3.37. The second-order valence-electron chi connectivity index (χ2n) is 5.33. The molecule has 0 aliphatic carbocycles. The van der Waals surface area contributed by atoms with Crippen LogP contribution in [0, 0.1) is 0 Å². The van der Waals surface area contributed by atoms with Crippen molar-refractivity contribution in [1.82, 2.24) is 25.0 Å². The van der Waals surface area contributed by atoms with Crippen molar-refractivity contribution in [2.75, 3.05) is 6.54 Å². The number of hydrogen-bond acceptors (Lipinski definition) is 6. The molecule has 8 heteroatoms. The molecule has 0 bridgehead atoms. The maximum atomic E-state index is 12.1. The van der Waals surface area contributed by atoms with Gasteiger partial charge in [0.1, 0.15) is 5.75 Å². The Bertz CT molecular complexity index is 796. The molecule has 1 N–H and O–H groups in total. The number of imidazole rings is 1. The van der Waals surface area contributed by atoms with E-state index in [4.69, 9.17) is 9.26 Å². The predicted octanol–water partition coefficient (Wildman–Crippen LogP) is 1.84. The third kappa shape index (κ3) is 4.66. The molecule has 1 aromatic carbocycles. The lowest BCUT2D eigenvalue weighted by atomic mass is 10.2. The maximum absolute atomic E-state index is 12.1. The van der Waals surface area contributed by atoms with Gasteiger partial charge in [0.05, 0.1) is 6.33 Å². The standard InChI is InChI=1S/C17H19N5O3/c1-2-16-20-15(21-25-16)11-24-14-5-3-13(4-6-14)17(23)19-8-10-22-9-7-18-12-22/h3-7,9,12H,2,8,10-11H2,1H3,(H,19,23). The van der Waals surface area contributed by atoms with Crippen molar-refractivity contribution in [3.05, 3.63) is 60.3 Å². The SMILES string of the molecule is CCc1nc(COc2ccc(C(=O)NCCn3ccnc3)cc2)no1. The Hall–Kier alpha value is -3.16. The average Bonchev–Trinajstić information content (AvgIpc) is 3.32. The van der Waals surface area contributed by atoms with Crippen molar-refractivity contribution in [3.63, 3.8) is 0 Å². The molecule has 2 aromatic heterocycles. The van der Waals surface area contributed by atoms with Crippen LogP contribution in [-0.4, -0.2) is 32.1 Å². The van der Waals surface area contributed by atoms with Gasteiger partial charge < -0.3 is 19.1 Å². The molecular weight excluding hydrogens is 322 g/mol. The van der Waals surface area contributed by atoms with Crippen molar-refractivity contribution in [2.45, 2.75) is 26.5 Å². The Morgan fingerprint density at radius 3 is 2.84 bits per heavy atom. The van der Waals surface area contributed by atoms with Gasteiger partial charge in [0.25, 0.3) is 5.91 Å². The van der Waals surface area contributed by atoms with Crippen LogP contribution < -0.4 is 10.1 Å². The molecule has 25 heavy (non-hydrogen) atoms. The average molecular weight is 341 g/mol. The lowest BCUT2D eigenvalue weighted by Gasteiger charge is -2.07. The highest BCUT2D eigenvalue weighted by Gasteiger charge is 2.07. The Kier molecular flexibility index (Phi) is 5.40. The van der Waals surface area contributed by atoms with Gasteiger partial charge >= 0.3 is 0 Å². The van der Waals surface area contributed by atoms with E-state index in [-0.39, 0.29) is 12.5 Å². The summed E-state index contributed by atoms with van der Waals surface area (Å²) in [5.74, 6) is 1.59. The van der Waals surface area contributed by atoms with Gasteiger partial charge in [0, 0.05) is 37.5 Å². The van der Waals surface area contributed by atoms with Crippen LogP contribution in [0.15, 0.2) is 47.5 Å². The Morgan fingerprint density at radius 1 is 1.32 bits per heavy atom. The van der Waals surface area contributed by atoms with Crippen molar-refractivity contribution in [1.29, 1.82) is 0 Å². The van der Waals surface area contributed by atoms with Crippen molar-refractivity contribution < 1.29 is 14.1 Å². The highest BCUT2D eigenvalue weighted by atomic mass is 16.5. The molecule has 0 aliphatic heterocycles. The van der Waals surface area contributed by atoms with Crippen molar-refractivity contribution in [2.24, 2.45) is 0 Å². The number of amides is 1. The quantitative estimate of drug-likeness (QED) is 0.672. The second kappa shape index (κ2) is 8.09. The first-order valence-electron chi connectivity index (χ1n) is 8.03. The summed E-state index contributed by atoms with van der Waals surface area (Å²) in [5, 5.41) is 6.68. The molecule has 3 rings (SSSR count). The molecule has 0 radical (unpaired) electrons. The molecule has 0 saturated heterocycles. The number of aromatic nitrogens is 4. The van der Waals surface area contributed by atoms with E-state index >= 15 is 0 Å². The van der Waals surface area contributed by atoms with Crippen LogP contribution in [0.1, 0.15) is 29.0 Å². The Morgan fingerprint density at radius 2 is 2.16 bits per heavy atom. The largest absolute Gasteiger partial charge is 0.485 e. The summed E-state index contributed by atoms with van der Waals surface area (Å²) >= 11 is 0. The number of carbonyl (C=O) groups is 1. The van der Waals surface area contributed by atoms with Gasteiger partial charge in [-0.2, -0.15) is 4.98 Å². The van der Waals surface area contributed by atoms with Gasteiger partial charge in [0.15, 0.2) is 6.61 Å². The zero-order valence-corrected chi connectivity index (χ0v) is 13.9. The molecule has 0 atom stereocenters. The Labute approximate surface area is 144 Å². The topological polar surface area (TPSA) is 95.1 Å². The first kappa shape index (κ1) is 16.7. The predicted molar refractivity (Wildman–Crippen MR) is 89.0 cm³/mol. The fourth-order valence-corrected chi connectivity index (χ4v) is 2.16. The Balaban J connectivity index is 1.46. The van der Waals surface area contributed by atoms with E-state index < -0.39 is 0 Å². The zero-order valence-electron chi connectivity index (χ0n) is 13.9. The molecule has 0 spiro atoms. The minimum atomic E-state index is -0.127. The van der Waals surface area contributed by atoms with Crippen LogP contribution in [0.5, 0.6) is 5.75 Å². The smallest absolute Gasteiger partial charge is 0.251 e. The van der Waals surface area contributed by atoms with Crippen molar-refractivity contribution in [3.8, 4) is 5.75 Å². The van der Waals surface area contributed by atoms with Gasteiger partial charge in [-0.05, 0) is 24.3 Å². The normalized spacial score (nSPS) is 10.6. The molecule has 0 aliphatic rings. The van der Waals surface area contributed by atoms with E-state index in [0.29, 0.717) is 42.5 Å². The van der Waals surface area contributed by atoms with Crippen LogP contribution >= 0.6 is 0 Å². The van der Waals surface area contributed by atoms with E-state index in [9.17, 15) is 4.79 Å². The van der Waals surface area contributed by atoms with Crippen molar-refractivity contribution >= 4 is 5.91 Å². The van der Waals surface area contributed by atoms with Gasteiger partial charge in [-0.1, -0.05) is 12.1 Å². The lowest BCUT2D eigenvalue weighted by molar-refractivity contribution is 0.0952. The molecule has 3 aromatic rings. The second-order valence-corrected chi connectivity index (χ2v) is 5.33. The fourth-order valence-electron chi connectivity index (χ4n) is 2.16. The molecule has 8 nitrogen and oxygen atoms in total. The van der Waals surface area contributed by atoms with Gasteiger partial charge in [-0.3, -0.25) is 4.79 Å². The lowest BCUT2D eigenvalue weighted by Crippen LogP contribution is -2.26. The molecule has 1 amide bonds. The summed E-state index contributed by atoms with van der Waals surface area (Å²) in [7, 11) is 0. The number of hydrogen-bond donors (Lipinski definition) is 1. The summed E-state index contributed by atoms with van der Waals surface area (Å²) in [4.78, 5) is 20.2. The maximum Gasteiger partial charge on any atom is 0.251 e. The van der Waals surface area contributed by atoms with Crippen LogP contribution in [-0.2, 0) is 19.6 Å². The van der Waals surface area contributed by atoms with Crippen LogP contribution in [0.25, 0.3) is 0 Å². The number of benzene rings is 1. The van der Waals surface area contributed by atoms with Gasteiger partial charge in [-0.25, -0.2) is 4.98 Å². The molecule has 0 saturated carbocycles. The number of rotatable bonds is 8. The molecule has 0 unspecified atom stereocenters. The number of nitrogens with one attached hydrogen (secondary N) is 1. The van der Waals surface area contributed by atoms with E-state index in [0.717, 1.165) is 0 Å². The number of carbonyl (C=O) groups excluding carboxylic acids is 1. The zero-order chi connectivity index (χ0) is 17.5. The van der Waals surface area contributed by atoms with Gasteiger partial charge in [-0.15, -0.1) is 0 Å². The van der Waals surface area contributed by atoms with E-state index in [2.05, 4.69) is 20.4 Å². The first-order chi connectivity index (χ1) is 12.2. The molecule has 130 valence electrons. The third-order valence-corrected chi connectivity index (χ3v) is 3.51. The molecule has 0 fully saturated rings. The van der Waals surface area contributed by atoms with E-state index in [1.165, 1.54) is 0 Å². The number of nitrogens with zero attached hydrogens (tertiary/aromatic N) is 4. The first-order valence-corrected chi connectivity index (χ1v) is 8.03. The van der Waals surface area contributed by atoms with E-state index in [1.807, 2.05) is 17.7 Å². The monoisotopic (exact) mass is 341 g/mol. The number of aryl methyl sites for hydroxylation is 1. The summed E-state index contributed by atoms with van der Waals surface area (Å²) in [5.41, 5.74) is 0.575. The van der Waals surface area contributed by atoms with E-state index in [1.54, 1.807) is 36.8 Å². The highest BCUT2D eigenvalue weighted by molar-refractivity contribution is 5.94. The highest BCUT2D eigenvalue weighted by Crippen LogP contribution is 2.13. The minimum absolute atomic E-state index is 0.127. The fraction of sp³-hybridized carbons (Fsp3) is 0.294. The van der Waals surface area contributed by atoms with Crippen LogP contribution in [0.2, 0.25) is 0 Å². The van der Waals surface area contributed by atoms with Crippen LogP contribution in [0.4, 0.5) is 0 Å². The minimum Gasteiger partial charge on any atom is -0.485 e. The van der Waals surface area contributed by atoms with Crippen LogP contribution in [0.3, 0.4) is 0 Å². The number of ether oxygens (including phenoxy) is 1.